The van der Waals surface area contributed by atoms with E-state index < -0.39 is 24.5 Å². The molecule has 0 spiro atoms. The van der Waals surface area contributed by atoms with Gasteiger partial charge in [-0.2, -0.15) is 31.0 Å². The second kappa shape index (κ2) is 8.89. The van der Waals surface area contributed by atoms with Crippen molar-refractivity contribution in [1.82, 2.24) is 29.8 Å². The van der Waals surface area contributed by atoms with Gasteiger partial charge in [-0.25, -0.2) is 4.98 Å². The SMILES string of the molecule is FC(F)(F)Cn1c(-c2ccccc2)cnc1SCc1nnnn1-c1ccc(C(F)(F)F)cc1. The molecule has 2 aromatic heterocycles. The number of hydrogen-bond acceptors (Lipinski definition) is 5. The van der Waals surface area contributed by atoms with Gasteiger partial charge in [-0.3, -0.25) is 0 Å². The lowest BCUT2D eigenvalue weighted by Crippen LogP contribution is -2.19. The van der Waals surface area contributed by atoms with E-state index in [2.05, 4.69) is 20.5 Å². The summed E-state index contributed by atoms with van der Waals surface area (Å²) in [5.74, 6) is 0.277. The second-order valence-corrected chi connectivity index (χ2v) is 7.78. The predicted octanol–water partition coefficient (Wildman–Crippen LogP) is 5.40. The van der Waals surface area contributed by atoms with E-state index in [-0.39, 0.29) is 22.4 Å². The van der Waals surface area contributed by atoms with Crippen molar-refractivity contribution in [2.75, 3.05) is 0 Å². The summed E-state index contributed by atoms with van der Waals surface area (Å²) in [6, 6.07) is 12.8. The highest BCUT2D eigenvalue weighted by molar-refractivity contribution is 7.98. The van der Waals surface area contributed by atoms with Crippen molar-refractivity contribution in [1.29, 1.82) is 0 Å². The first-order valence-electron chi connectivity index (χ1n) is 9.37. The molecule has 2 heterocycles. The molecule has 33 heavy (non-hydrogen) atoms. The monoisotopic (exact) mass is 484 g/mol. The fraction of sp³-hybridized carbons (Fsp3) is 0.200. The normalized spacial score (nSPS) is 12.3. The molecular weight excluding hydrogens is 470 g/mol. The van der Waals surface area contributed by atoms with Crippen LogP contribution in [0, 0.1) is 0 Å². The highest BCUT2D eigenvalue weighted by atomic mass is 32.2. The molecule has 0 saturated heterocycles. The summed E-state index contributed by atoms with van der Waals surface area (Å²) in [6.45, 7) is -1.23. The van der Waals surface area contributed by atoms with Crippen LogP contribution < -0.4 is 0 Å². The molecule has 0 fully saturated rings. The predicted molar refractivity (Wildman–Crippen MR) is 107 cm³/mol. The molecule has 4 rings (SSSR count). The highest BCUT2D eigenvalue weighted by Crippen LogP contribution is 2.32. The van der Waals surface area contributed by atoms with Crippen LogP contribution in [0.3, 0.4) is 0 Å². The number of alkyl halides is 6. The van der Waals surface area contributed by atoms with Gasteiger partial charge in [-0.1, -0.05) is 42.1 Å². The summed E-state index contributed by atoms with van der Waals surface area (Å²) >= 11 is 0.986. The van der Waals surface area contributed by atoms with Gasteiger partial charge >= 0.3 is 12.4 Å². The van der Waals surface area contributed by atoms with Crippen molar-refractivity contribution in [3.05, 3.63) is 72.2 Å². The van der Waals surface area contributed by atoms with Crippen LogP contribution >= 0.6 is 11.8 Å². The summed E-state index contributed by atoms with van der Waals surface area (Å²) in [5.41, 5.74) is 0.346. The Labute approximate surface area is 187 Å². The van der Waals surface area contributed by atoms with Crippen LogP contribution in [0.1, 0.15) is 11.4 Å². The Morgan fingerprint density at radius 2 is 1.58 bits per heavy atom. The summed E-state index contributed by atoms with van der Waals surface area (Å²) in [5, 5.41) is 11.3. The Morgan fingerprint density at radius 1 is 0.879 bits per heavy atom. The average molecular weight is 484 g/mol. The lowest BCUT2D eigenvalue weighted by Gasteiger charge is -2.14. The van der Waals surface area contributed by atoms with Crippen molar-refractivity contribution < 1.29 is 26.3 Å². The molecule has 0 atom stereocenters. The molecule has 0 unspecified atom stereocenters. The molecule has 0 N–H and O–H groups in total. The van der Waals surface area contributed by atoms with Crippen LogP contribution in [0.25, 0.3) is 16.9 Å². The maximum absolute atomic E-state index is 13.2. The first kappa shape index (κ1) is 22.8. The number of aromatic nitrogens is 6. The molecule has 0 bridgehead atoms. The van der Waals surface area contributed by atoms with Crippen molar-refractivity contribution in [2.24, 2.45) is 0 Å². The Bertz CT molecular complexity index is 1210. The molecule has 0 aliphatic heterocycles. The van der Waals surface area contributed by atoms with Crippen LogP contribution in [0.15, 0.2) is 66.0 Å². The molecule has 2 aromatic carbocycles. The third-order valence-electron chi connectivity index (χ3n) is 4.53. The average Bonchev–Trinajstić information content (AvgIpc) is 3.38. The molecule has 13 heteroatoms. The molecule has 0 radical (unpaired) electrons. The topological polar surface area (TPSA) is 61.4 Å². The number of imidazole rings is 1. The summed E-state index contributed by atoms with van der Waals surface area (Å²) in [6.07, 6.45) is -7.59. The number of tetrazole rings is 1. The fourth-order valence-electron chi connectivity index (χ4n) is 3.06. The van der Waals surface area contributed by atoms with E-state index in [1.807, 2.05) is 0 Å². The largest absolute Gasteiger partial charge is 0.416 e. The number of hydrogen-bond donors (Lipinski definition) is 0. The third-order valence-corrected chi connectivity index (χ3v) is 5.52. The van der Waals surface area contributed by atoms with E-state index in [9.17, 15) is 26.3 Å². The third kappa shape index (κ3) is 5.35. The summed E-state index contributed by atoms with van der Waals surface area (Å²) in [7, 11) is 0. The molecule has 4 aromatic rings. The fourth-order valence-corrected chi connectivity index (χ4v) is 3.95. The standard InChI is InChI=1S/C20H14F6N6S/c21-19(22,23)12-31-16(13-4-2-1-3-5-13)10-27-18(31)33-11-17-28-29-30-32(17)15-8-6-14(7-9-15)20(24,25)26/h1-10H,11-12H2. The zero-order chi connectivity index (χ0) is 23.6. The second-order valence-electron chi connectivity index (χ2n) is 6.83. The molecule has 6 nitrogen and oxygen atoms in total. The zero-order valence-electron chi connectivity index (χ0n) is 16.5. The van der Waals surface area contributed by atoms with Gasteiger partial charge in [0.1, 0.15) is 6.54 Å². The van der Waals surface area contributed by atoms with Gasteiger partial charge in [0.15, 0.2) is 11.0 Å². The van der Waals surface area contributed by atoms with Crippen molar-refractivity contribution in [3.8, 4) is 16.9 Å². The molecule has 172 valence electrons. The molecule has 0 saturated carbocycles. The van der Waals surface area contributed by atoms with Gasteiger partial charge in [0, 0.05) is 0 Å². The zero-order valence-corrected chi connectivity index (χ0v) is 17.4. The minimum atomic E-state index is -4.48. The van der Waals surface area contributed by atoms with Crippen LogP contribution in [-0.2, 0) is 18.5 Å². The van der Waals surface area contributed by atoms with E-state index in [1.165, 1.54) is 23.0 Å². The number of nitrogens with zero attached hydrogens (tertiary/aromatic N) is 6. The van der Waals surface area contributed by atoms with Gasteiger partial charge in [0.2, 0.25) is 0 Å². The minimum absolute atomic E-state index is 0.0388. The van der Waals surface area contributed by atoms with Crippen LogP contribution in [0.4, 0.5) is 26.3 Å². The highest BCUT2D eigenvalue weighted by Gasteiger charge is 2.31. The number of rotatable bonds is 6. The molecular formula is C20H14F6N6S. The lowest BCUT2D eigenvalue weighted by molar-refractivity contribution is -0.141. The number of thioether (sulfide) groups is 1. The van der Waals surface area contributed by atoms with E-state index in [1.54, 1.807) is 30.3 Å². The van der Waals surface area contributed by atoms with E-state index in [0.717, 1.165) is 28.5 Å². The molecule has 0 aliphatic carbocycles. The first-order chi connectivity index (χ1) is 15.6. The van der Waals surface area contributed by atoms with E-state index in [4.69, 9.17) is 0 Å². The first-order valence-corrected chi connectivity index (χ1v) is 10.4. The quantitative estimate of drug-likeness (QED) is 0.271. The van der Waals surface area contributed by atoms with Crippen molar-refractivity contribution in [3.63, 3.8) is 0 Å². The lowest BCUT2D eigenvalue weighted by atomic mass is 10.2. The Morgan fingerprint density at radius 3 is 2.21 bits per heavy atom. The smallest absolute Gasteiger partial charge is 0.310 e. The minimum Gasteiger partial charge on any atom is -0.310 e. The van der Waals surface area contributed by atoms with Crippen molar-refractivity contribution >= 4 is 11.8 Å². The number of halogens is 6. The van der Waals surface area contributed by atoms with Gasteiger partial charge in [0.05, 0.1) is 28.9 Å². The van der Waals surface area contributed by atoms with Gasteiger partial charge in [-0.15, -0.1) is 5.10 Å². The van der Waals surface area contributed by atoms with E-state index in [0.29, 0.717) is 11.3 Å². The van der Waals surface area contributed by atoms with E-state index >= 15 is 0 Å². The molecule has 0 amide bonds. The van der Waals surface area contributed by atoms with Crippen LogP contribution in [-0.4, -0.2) is 35.9 Å². The van der Waals surface area contributed by atoms with Crippen LogP contribution in [0.5, 0.6) is 0 Å². The number of benzene rings is 2. The maximum atomic E-state index is 13.2. The van der Waals surface area contributed by atoms with Gasteiger partial charge in [0.25, 0.3) is 0 Å². The molecule has 0 aliphatic rings. The Balaban J connectivity index is 1.58. The summed E-state index contributed by atoms with van der Waals surface area (Å²) in [4.78, 5) is 4.14. The van der Waals surface area contributed by atoms with Crippen molar-refractivity contribution in [2.45, 2.75) is 29.8 Å². The summed E-state index contributed by atoms with van der Waals surface area (Å²) < 4.78 is 80.4. The van der Waals surface area contributed by atoms with Crippen LogP contribution in [0.2, 0.25) is 0 Å². The Hall–Kier alpha value is -3.35. The van der Waals surface area contributed by atoms with Gasteiger partial charge in [-0.05, 0) is 40.3 Å². The Kier molecular flexibility index (Phi) is 6.15. The maximum Gasteiger partial charge on any atom is 0.416 e. The van der Waals surface area contributed by atoms with Gasteiger partial charge < -0.3 is 4.57 Å².